The SMILES string of the molecule is NC(=O)c1cc(F)c(F)c(C2CCNCC2)c1. The zero-order valence-electron chi connectivity index (χ0n) is 9.30. The van der Waals surface area contributed by atoms with Crippen LogP contribution in [-0.4, -0.2) is 19.0 Å². The molecule has 3 N–H and O–H groups in total. The maximum atomic E-state index is 13.7. The van der Waals surface area contributed by atoms with E-state index in [2.05, 4.69) is 5.32 Å². The van der Waals surface area contributed by atoms with Crippen molar-refractivity contribution < 1.29 is 13.6 Å². The van der Waals surface area contributed by atoms with Gasteiger partial charge in [-0.15, -0.1) is 0 Å². The van der Waals surface area contributed by atoms with Crippen LogP contribution in [-0.2, 0) is 0 Å². The Kier molecular flexibility index (Phi) is 3.38. The van der Waals surface area contributed by atoms with E-state index in [4.69, 9.17) is 5.73 Å². The molecule has 1 aromatic carbocycles. The second-order valence-electron chi connectivity index (χ2n) is 4.25. The van der Waals surface area contributed by atoms with Gasteiger partial charge in [-0.3, -0.25) is 4.79 Å². The number of rotatable bonds is 2. The highest BCUT2D eigenvalue weighted by Gasteiger charge is 2.22. The van der Waals surface area contributed by atoms with E-state index in [0.717, 1.165) is 32.0 Å². The van der Waals surface area contributed by atoms with Crippen LogP contribution in [0.5, 0.6) is 0 Å². The number of carbonyl (C=O) groups excluding carboxylic acids is 1. The van der Waals surface area contributed by atoms with Crippen LogP contribution in [0.15, 0.2) is 12.1 Å². The molecule has 1 aliphatic rings. The third-order valence-corrected chi connectivity index (χ3v) is 3.12. The lowest BCUT2D eigenvalue weighted by atomic mass is 9.88. The predicted octanol–water partition coefficient (Wildman–Crippen LogP) is 1.53. The quantitative estimate of drug-likeness (QED) is 0.823. The molecule has 0 atom stereocenters. The van der Waals surface area contributed by atoms with E-state index in [-0.39, 0.29) is 17.0 Å². The first-order chi connectivity index (χ1) is 8.09. The van der Waals surface area contributed by atoms with Gasteiger partial charge < -0.3 is 11.1 Å². The molecule has 17 heavy (non-hydrogen) atoms. The molecule has 0 spiro atoms. The highest BCUT2D eigenvalue weighted by Crippen LogP contribution is 2.29. The van der Waals surface area contributed by atoms with Crippen LogP contribution in [0, 0.1) is 11.6 Å². The number of hydrogen-bond acceptors (Lipinski definition) is 2. The van der Waals surface area contributed by atoms with Crippen molar-refractivity contribution in [1.82, 2.24) is 5.32 Å². The second kappa shape index (κ2) is 4.79. The van der Waals surface area contributed by atoms with Gasteiger partial charge in [0.15, 0.2) is 11.6 Å². The molecular weight excluding hydrogens is 226 g/mol. The Hall–Kier alpha value is -1.49. The van der Waals surface area contributed by atoms with Crippen molar-refractivity contribution in [3.8, 4) is 0 Å². The molecule has 1 heterocycles. The van der Waals surface area contributed by atoms with E-state index < -0.39 is 17.5 Å². The van der Waals surface area contributed by atoms with Crippen molar-refractivity contribution in [3.63, 3.8) is 0 Å². The Morgan fingerprint density at radius 3 is 2.53 bits per heavy atom. The van der Waals surface area contributed by atoms with Gasteiger partial charge in [-0.1, -0.05) is 0 Å². The van der Waals surface area contributed by atoms with E-state index in [9.17, 15) is 13.6 Å². The maximum absolute atomic E-state index is 13.7. The number of hydrogen-bond donors (Lipinski definition) is 2. The Labute approximate surface area is 98.0 Å². The lowest BCUT2D eigenvalue weighted by molar-refractivity contribution is 0.0999. The molecule has 1 saturated heterocycles. The summed E-state index contributed by atoms with van der Waals surface area (Å²) in [6.07, 6.45) is 1.47. The smallest absolute Gasteiger partial charge is 0.248 e. The van der Waals surface area contributed by atoms with E-state index >= 15 is 0 Å². The molecule has 92 valence electrons. The average Bonchev–Trinajstić information content (AvgIpc) is 2.33. The first-order valence-electron chi connectivity index (χ1n) is 5.59. The summed E-state index contributed by atoms with van der Waals surface area (Å²) < 4.78 is 27.0. The summed E-state index contributed by atoms with van der Waals surface area (Å²) in [6.45, 7) is 1.54. The first kappa shape index (κ1) is 12.0. The number of piperidine rings is 1. The van der Waals surface area contributed by atoms with Crippen LogP contribution >= 0.6 is 0 Å². The molecule has 5 heteroatoms. The summed E-state index contributed by atoms with van der Waals surface area (Å²) in [7, 11) is 0. The molecule has 0 aromatic heterocycles. The molecule has 0 aliphatic carbocycles. The van der Waals surface area contributed by atoms with E-state index in [1.165, 1.54) is 6.07 Å². The van der Waals surface area contributed by atoms with E-state index in [0.29, 0.717) is 0 Å². The Morgan fingerprint density at radius 2 is 1.94 bits per heavy atom. The predicted molar refractivity (Wildman–Crippen MR) is 59.7 cm³/mol. The third-order valence-electron chi connectivity index (χ3n) is 3.12. The summed E-state index contributed by atoms with van der Waals surface area (Å²) in [6, 6.07) is 2.22. The van der Waals surface area contributed by atoms with E-state index in [1.54, 1.807) is 0 Å². The van der Waals surface area contributed by atoms with Gasteiger partial charge in [-0.05, 0) is 49.5 Å². The summed E-state index contributed by atoms with van der Waals surface area (Å²) in [5, 5.41) is 3.15. The van der Waals surface area contributed by atoms with Crippen molar-refractivity contribution in [2.75, 3.05) is 13.1 Å². The van der Waals surface area contributed by atoms with Crippen LogP contribution < -0.4 is 11.1 Å². The molecule has 1 aromatic rings. The molecule has 2 rings (SSSR count). The standard InChI is InChI=1S/C12H14F2N2O/c13-10-6-8(12(15)17)5-9(11(10)14)7-1-3-16-4-2-7/h5-7,16H,1-4H2,(H2,15,17). The van der Waals surface area contributed by atoms with Crippen LogP contribution in [0.1, 0.15) is 34.7 Å². The van der Waals surface area contributed by atoms with Gasteiger partial charge in [-0.2, -0.15) is 0 Å². The molecule has 0 saturated carbocycles. The number of primary amides is 1. The topological polar surface area (TPSA) is 55.1 Å². The Balaban J connectivity index is 2.40. The summed E-state index contributed by atoms with van der Waals surface area (Å²) in [5.41, 5.74) is 5.38. The minimum absolute atomic E-state index is 0.0254. The van der Waals surface area contributed by atoms with Gasteiger partial charge in [0, 0.05) is 5.56 Å². The van der Waals surface area contributed by atoms with Gasteiger partial charge in [0.05, 0.1) is 0 Å². The zero-order chi connectivity index (χ0) is 12.4. The fraction of sp³-hybridized carbons (Fsp3) is 0.417. The number of benzene rings is 1. The molecule has 0 radical (unpaired) electrons. The van der Waals surface area contributed by atoms with Crippen LogP contribution in [0.4, 0.5) is 8.78 Å². The molecule has 0 bridgehead atoms. The Bertz CT molecular complexity index is 442. The third kappa shape index (κ3) is 2.44. The summed E-state index contributed by atoms with van der Waals surface area (Å²) in [4.78, 5) is 11.0. The second-order valence-corrected chi connectivity index (χ2v) is 4.25. The summed E-state index contributed by atoms with van der Waals surface area (Å²) in [5.74, 6) is -2.65. The van der Waals surface area contributed by atoms with Crippen molar-refractivity contribution in [2.24, 2.45) is 5.73 Å². The fourth-order valence-electron chi connectivity index (χ4n) is 2.18. The molecule has 3 nitrogen and oxygen atoms in total. The number of nitrogens with two attached hydrogens (primary N) is 1. The highest BCUT2D eigenvalue weighted by molar-refractivity contribution is 5.93. The van der Waals surface area contributed by atoms with Crippen molar-refractivity contribution in [3.05, 3.63) is 34.9 Å². The van der Waals surface area contributed by atoms with Gasteiger partial charge in [0.2, 0.25) is 5.91 Å². The lowest BCUT2D eigenvalue weighted by Crippen LogP contribution is -2.27. The van der Waals surface area contributed by atoms with Gasteiger partial charge in [0.1, 0.15) is 0 Å². The molecule has 1 aliphatic heterocycles. The fourth-order valence-corrected chi connectivity index (χ4v) is 2.18. The molecular formula is C12H14F2N2O. The maximum Gasteiger partial charge on any atom is 0.248 e. The van der Waals surface area contributed by atoms with Crippen molar-refractivity contribution >= 4 is 5.91 Å². The minimum atomic E-state index is -1.00. The van der Waals surface area contributed by atoms with E-state index in [1.807, 2.05) is 0 Å². The molecule has 0 unspecified atom stereocenters. The minimum Gasteiger partial charge on any atom is -0.366 e. The number of halogens is 2. The van der Waals surface area contributed by atoms with Gasteiger partial charge >= 0.3 is 0 Å². The van der Waals surface area contributed by atoms with Crippen LogP contribution in [0.25, 0.3) is 0 Å². The molecule has 1 fully saturated rings. The average molecular weight is 240 g/mol. The van der Waals surface area contributed by atoms with Crippen LogP contribution in [0.3, 0.4) is 0 Å². The highest BCUT2D eigenvalue weighted by atomic mass is 19.2. The lowest BCUT2D eigenvalue weighted by Gasteiger charge is -2.23. The number of carbonyl (C=O) groups is 1. The van der Waals surface area contributed by atoms with Crippen LogP contribution in [0.2, 0.25) is 0 Å². The monoisotopic (exact) mass is 240 g/mol. The van der Waals surface area contributed by atoms with Crippen molar-refractivity contribution in [2.45, 2.75) is 18.8 Å². The van der Waals surface area contributed by atoms with Gasteiger partial charge in [0.25, 0.3) is 0 Å². The normalized spacial score (nSPS) is 17.1. The molecule has 1 amide bonds. The largest absolute Gasteiger partial charge is 0.366 e. The van der Waals surface area contributed by atoms with Gasteiger partial charge in [-0.25, -0.2) is 8.78 Å². The first-order valence-corrected chi connectivity index (χ1v) is 5.59. The zero-order valence-corrected chi connectivity index (χ0v) is 9.30. The Morgan fingerprint density at radius 1 is 1.29 bits per heavy atom. The van der Waals surface area contributed by atoms with Crippen molar-refractivity contribution in [1.29, 1.82) is 0 Å². The summed E-state index contributed by atoms with van der Waals surface area (Å²) >= 11 is 0. The number of amides is 1. The number of nitrogens with one attached hydrogen (secondary N) is 1.